The third-order valence-electron chi connectivity index (χ3n) is 3.76. The van der Waals surface area contributed by atoms with E-state index in [0.717, 1.165) is 17.7 Å². The van der Waals surface area contributed by atoms with Gasteiger partial charge in [0.2, 0.25) is 5.91 Å². The van der Waals surface area contributed by atoms with Crippen molar-refractivity contribution in [2.24, 2.45) is 5.73 Å². The summed E-state index contributed by atoms with van der Waals surface area (Å²) < 4.78 is 5.15. The second-order valence-electron chi connectivity index (χ2n) is 5.82. The SMILES string of the molecule is COc1cccc(NC(=O)CSc2ccccc2C(=O)NCCCCN)c1. The molecule has 0 bridgehead atoms. The molecule has 0 spiro atoms. The number of hydrogen-bond acceptors (Lipinski definition) is 5. The Morgan fingerprint density at radius 3 is 2.70 bits per heavy atom. The summed E-state index contributed by atoms with van der Waals surface area (Å²) >= 11 is 1.33. The summed E-state index contributed by atoms with van der Waals surface area (Å²) in [6.07, 6.45) is 1.72. The van der Waals surface area contributed by atoms with Crippen molar-refractivity contribution in [1.82, 2.24) is 5.32 Å². The molecule has 144 valence electrons. The van der Waals surface area contributed by atoms with Gasteiger partial charge in [-0.05, 0) is 43.7 Å². The van der Waals surface area contributed by atoms with Crippen LogP contribution in [0.15, 0.2) is 53.4 Å². The molecule has 2 rings (SSSR count). The van der Waals surface area contributed by atoms with E-state index < -0.39 is 0 Å². The highest BCUT2D eigenvalue weighted by Gasteiger charge is 2.12. The van der Waals surface area contributed by atoms with E-state index >= 15 is 0 Å². The lowest BCUT2D eigenvalue weighted by atomic mass is 10.2. The van der Waals surface area contributed by atoms with Crippen LogP contribution in [-0.4, -0.2) is 37.8 Å². The fourth-order valence-electron chi connectivity index (χ4n) is 2.39. The standard InChI is InChI=1S/C20H25N3O3S/c1-26-16-8-6-7-15(13-16)23-19(24)14-27-18-10-3-2-9-17(18)20(25)22-12-5-4-11-21/h2-3,6-10,13H,4-5,11-12,14,21H2,1H3,(H,22,25)(H,23,24). The van der Waals surface area contributed by atoms with E-state index in [1.807, 2.05) is 30.3 Å². The molecule has 0 unspecified atom stereocenters. The highest BCUT2D eigenvalue weighted by atomic mass is 32.2. The Hall–Kier alpha value is -2.51. The van der Waals surface area contributed by atoms with Gasteiger partial charge in [-0.2, -0.15) is 0 Å². The van der Waals surface area contributed by atoms with Crippen LogP contribution in [0.25, 0.3) is 0 Å². The lowest BCUT2D eigenvalue weighted by molar-refractivity contribution is -0.113. The van der Waals surface area contributed by atoms with Gasteiger partial charge in [0, 0.05) is 23.2 Å². The first-order valence-corrected chi connectivity index (χ1v) is 9.76. The van der Waals surface area contributed by atoms with Gasteiger partial charge in [-0.15, -0.1) is 11.8 Å². The number of carbonyl (C=O) groups is 2. The molecule has 0 radical (unpaired) electrons. The van der Waals surface area contributed by atoms with Gasteiger partial charge in [-0.3, -0.25) is 9.59 Å². The molecule has 6 nitrogen and oxygen atoms in total. The fourth-order valence-corrected chi connectivity index (χ4v) is 3.24. The molecule has 0 aliphatic rings. The van der Waals surface area contributed by atoms with Crippen LogP contribution >= 0.6 is 11.8 Å². The second kappa shape index (κ2) is 11.3. The maximum atomic E-state index is 12.4. The number of anilines is 1. The lowest BCUT2D eigenvalue weighted by Gasteiger charge is -2.10. The zero-order valence-corrected chi connectivity index (χ0v) is 16.2. The average Bonchev–Trinajstić information content (AvgIpc) is 2.70. The van der Waals surface area contributed by atoms with Gasteiger partial charge in [-0.1, -0.05) is 18.2 Å². The largest absolute Gasteiger partial charge is 0.497 e. The van der Waals surface area contributed by atoms with E-state index in [9.17, 15) is 9.59 Å². The number of carbonyl (C=O) groups excluding carboxylic acids is 2. The third kappa shape index (κ3) is 6.96. The zero-order valence-electron chi connectivity index (χ0n) is 15.4. The van der Waals surface area contributed by atoms with Crippen molar-refractivity contribution in [3.8, 4) is 5.75 Å². The zero-order chi connectivity index (χ0) is 19.5. The third-order valence-corrected chi connectivity index (χ3v) is 4.83. The van der Waals surface area contributed by atoms with Gasteiger partial charge in [0.05, 0.1) is 18.4 Å². The van der Waals surface area contributed by atoms with Crippen LogP contribution in [-0.2, 0) is 4.79 Å². The van der Waals surface area contributed by atoms with Gasteiger partial charge in [0.15, 0.2) is 0 Å². The highest BCUT2D eigenvalue weighted by Crippen LogP contribution is 2.23. The predicted molar refractivity (Wildman–Crippen MR) is 109 cm³/mol. The van der Waals surface area contributed by atoms with Crippen molar-refractivity contribution in [1.29, 1.82) is 0 Å². The van der Waals surface area contributed by atoms with Crippen LogP contribution < -0.4 is 21.1 Å². The molecule has 0 heterocycles. The average molecular weight is 388 g/mol. The minimum atomic E-state index is -0.147. The minimum Gasteiger partial charge on any atom is -0.497 e. The van der Waals surface area contributed by atoms with Gasteiger partial charge < -0.3 is 21.1 Å². The molecule has 2 aromatic carbocycles. The van der Waals surface area contributed by atoms with Crippen LogP contribution in [0.2, 0.25) is 0 Å². The van der Waals surface area contributed by atoms with Gasteiger partial charge >= 0.3 is 0 Å². The maximum absolute atomic E-state index is 12.4. The summed E-state index contributed by atoms with van der Waals surface area (Å²) in [4.78, 5) is 25.4. The van der Waals surface area contributed by atoms with E-state index in [1.54, 1.807) is 25.3 Å². The molecule has 4 N–H and O–H groups in total. The Kier molecular flexibility index (Phi) is 8.67. The number of nitrogens with one attached hydrogen (secondary N) is 2. The van der Waals surface area contributed by atoms with Gasteiger partial charge in [0.1, 0.15) is 5.75 Å². The predicted octanol–water partition coefficient (Wildman–Crippen LogP) is 2.89. The van der Waals surface area contributed by atoms with Crippen molar-refractivity contribution >= 4 is 29.3 Å². The first-order valence-electron chi connectivity index (χ1n) is 8.78. The topological polar surface area (TPSA) is 93.4 Å². The van der Waals surface area contributed by atoms with Crippen LogP contribution in [0.1, 0.15) is 23.2 Å². The molecule has 0 aliphatic carbocycles. The van der Waals surface area contributed by atoms with Crippen molar-refractivity contribution in [3.63, 3.8) is 0 Å². The van der Waals surface area contributed by atoms with E-state index in [4.69, 9.17) is 10.5 Å². The number of rotatable bonds is 10. The molecule has 0 aromatic heterocycles. The summed E-state index contributed by atoms with van der Waals surface area (Å²) in [5.41, 5.74) is 6.70. The van der Waals surface area contributed by atoms with Crippen LogP contribution in [0.3, 0.4) is 0 Å². The number of hydrogen-bond donors (Lipinski definition) is 3. The molecule has 27 heavy (non-hydrogen) atoms. The highest BCUT2D eigenvalue weighted by molar-refractivity contribution is 8.00. The monoisotopic (exact) mass is 387 g/mol. The molecule has 2 aromatic rings. The number of methoxy groups -OCH3 is 1. The Morgan fingerprint density at radius 1 is 1.11 bits per heavy atom. The van der Waals surface area contributed by atoms with Crippen LogP contribution in [0, 0.1) is 0 Å². The van der Waals surface area contributed by atoms with E-state index in [1.165, 1.54) is 11.8 Å². The number of benzene rings is 2. The Labute approximate surface area is 163 Å². The first kappa shape index (κ1) is 20.8. The number of ether oxygens (including phenoxy) is 1. The molecule has 0 atom stereocenters. The summed E-state index contributed by atoms with van der Waals surface area (Å²) in [7, 11) is 1.58. The lowest BCUT2D eigenvalue weighted by Crippen LogP contribution is -2.25. The van der Waals surface area contributed by atoms with E-state index in [0.29, 0.717) is 30.1 Å². The normalized spacial score (nSPS) is 10.3. The van der Waals surface area contributed by atoms with Gasteiger partial charge in [-0.25, -0.2) is 0 Å². The second-order valence-corrected chi connectivity index (χ2v) is 6.83. The minimum absolute atomic E-state index is 0.136. The summed E-state index contributed by atoms with van der Waals surface area (Å²) in [5, 5.41) is 5.72. The van der Waals surface area contributed by atoms with Crippen molar-refractivity contribution in [2.75, 3.05) is 31.3 Å². The van der Waals surface area contributed by atoms with Gasteiger partial charge in [0.25, 0.3) is 5.91 Å². The molecule has 0 aliphatic heterocycles. The van der Waals surface area contributed by atoms with Crippen LogP contribution in [0.4, 0.5) is 5.69 Å². The van der Waals surface area contributed by atoms with E-state index in [-0.39, 0.29) is 17.6 Å². The smallest absolute Gasteiger partial charge is 0.252 e. The Morgan fingerprint density at radius 2 is 1.93 bits per heavy atom. The molecule has 0 fully saturated rings. The summed E-state index contributed by atoms with van der Waals surface area (Å²) in [6, 6.07) is 14.5. The van der Waals surface area contributed by atoms with Crippen molar-refractivity contribution in [3.05, 3.63) is 54.1 Å². The number of thioether (sulfide) groups is 1. The molecular formula is C20H25N3O3S. The number of amides is 2. The molecule has 2 amide bonds. The summed E-state index contributed by atoms with van der Waals surface area (Å²) in [5.74, 6) is 0.598. The molecule has 0 saturated heterocycles. The van der Waals surface area contributed by atoms with Crippen molar-refractivity contribution in [2.45, 2.75) is 17.7 Å². The van der Waals surface area contributed by atoms with E-state index in [2.05, 4.69) is 10.6 Å². The van der Waals surface area contributed by atoms with Crippen LogP contribution in [0.5, 0.6) is 5.75 Å². The fraction of sp³-hybridized carbons (Fsp3) is 0.300. The first-order chi connectivity index (χ1) is 13.1. The Bertz CT molecular complexity index is 768. The number of nitrogens with two attached hydrogens (primary N) is 1. The maximum Gasteiger partial charge on any atom is 0.252 e. The molecule has 7 heteroatoms. The summed E-state index contributed by atoms with van der Waals surface area (Å²) in [6.45, 7) is 1.20. The Balaban J connectivity index is 1.91. The molecular weight excluding hydrogens is 362 g/mol. The quantitative estimate of drug-likeness (QED) is 0.431. The number of unbranched alkanes of at least 4 members (excludes halogenated alkanes) is 1. The molecule has 0 saturated carbocycles. The van der Waals surface area contributed by atoms with Crippen molar-refractivity contribution < 1.29 is 14.3 Å².